The summed E-state index contributed by atoms with van der Waals surface area (Å²) in [4.78, 5) is 16.6. The molecule has 0 saturated heterocycles. The average Bonchev–Trinajstić information content (AvgIpc) is 3.24. The third-order valence-electron chi connectivity index (χ3n) is 6.22. The molecule has 0 aromatic heterocycles. The monoisotopic (exact) mass is 548 g/mol. The molecule has 1 spiro atoms. The fraction of sp³-hybridized carbons (Fsp3) is 0.440. The van der Waals surface area contributed by atoms with Crippen molar-refractivity contribution in [2.24, 2.45) is 4.99 Å². The number of hydrogen-bond acceptors (Lipinski definition) is 3. The second-order valence-electron chi connectivity index (χ2n) is 8.44. The van der Waals surface area contributed by atoms with Crippen LogP contribution in [0.3, 0.4) is 0 Å². The maximum absolute atomic E-state index is 12.2. The van der Waals surface area contributed by atoms with E-state index in [0.29, 0.717) is 25.5 Å². The lowest BCUT2D eigenvalue weighted by molar-refractivity contribution is -0.121. The molecule has 6 nitrogen and oxygen atoms in total. The first-order valence-corrected chi connectivity index (χ1v) is 11.2. The maximum atomic E-state index is 12.2. The van der Waals surface area contributed by atoms with Gasteiger partial charge in [0, 0.05) is 38.5 Å². The van der Waals surface area contributed by atoms with Crippen molar-refractivity contribution in [2.45, 2.75) is 56.7 Å². The van der Waals surface area contributed by atoms with Gasteiger partial charge in [-0.2, -0.15) is 0 Å². The minimum absolute atomic E-state index is 0. The number of ether oxygens (including phenoxy) is 1. The number of fused-ring (bicyclic) bond motifs is 1. The van der Waals surface area contributed by atoms with Gasteiger partial charge in [-0.15, -0.1) is 24.0 Å². The van der Waals surface area contributed by atoms with Crippen molar-refractivity contribution in [1.82, 2.24) is 16.0 Å². The van der Waals surface area contributed by atoms with Crippen LogP contribution in [0.15, 0.2) is 59.6 Å². The minimum atomic E-state index is -0.0673. The number of carbonyl (C=O) groups excluding carboxylic acids is 1. The zero-order valence-corrected chi connectivity index (χ0v) is 20.9. The number of carbonyl (C=O) groups is 1. The number of guanidine groups is 1. The summed E-state index contributed by atoms with van der Waals surface area (Å²) in [5.41, 5.74) is 2.20. The van der Waals surface area contributed by atoms with Gasteiger partial charge in [-0.25, -0.2) is 0 Å². The first-order chi connectivity index (χ1) is 15.2. The van der Waals surface area contributed by atoms with Crippen molar-refractivity contribution in [3.63, 3.8) is 0 Å². The van der Waals surface area contributed by atoms with Gasteiger partial charge >= 0.3 is 0 Å². The summed E-state index contributed by atoms with van der Waals surface area (Å²) in [6, 6.07) is 18.4. The van der Waals surface area contributed by atoms with Gasteiger partial charge in [0.2, 0.25) is 5.91 Å². The molecule has 1 saturated carbocycles. The lowest BCUT2D eigenvalue weighted by Gasteiger charge is -2.40. The van der Waals surface area contributed by atoms with Crippen molar-refractivity contribution >= 4 is 35.8 Å². The van der Waals surface area contributed by atoms with Gasteiger partial charge in [0.15, 0.2) is 5.96 Å². The van der Waals surface area contributed by atoms with Gasteiger partial charge in [0.05, 0.1) is 6.04 Å². The number of halogens is 1. The molecule has 32 heavy (non-hydrogen) atoms. The van der Waals surface area contributed by atoms with Gasteiger partial charge in [-0.1, -0.05) is 48.5 Å². The molecule has 0 bridgehead atoms. The molecule has 1 heterocycles. The molecule has 1 atom stereocenters. The van der Waals surface area contributed by atoms with Crippen LogP contribution in [0.25, 0.3) is 0 Å². The molecule has 172 valence electrons. The van der Waals surface area contributed by atoms with E-state index in [1.165, 1.54) is 18.4 Å². The summed E-state index contributed by atoms with van der Waals surface area (Å²) in [5.74, 6) is 1.71. The molecule has 2 aliphatic rings. The fourth-order valence-electron chi connectivity index (χ4n) is 4.61. The van der Waals surface area contributed by atoms with Crippen molar-refractivity contribution in [1.29, 1.82) is 0 Å². The highest BCUT2D eigenvalue weighted by Gasteiger charge is 2.43. The van der Waals surface area contributed by atoms with E-state index >= 15 is 0 Å². The second kappa shape index (κ2) is 11.5. The van der Waals surface area contributed by atoms with E-state index in [4.69, 9.17) is 4.74 Å². The van der Waals surface area contributed by atoms with E-state index in [0.717, 1.165) is 30.6 Å². The van der Waals surface area contributed by atoms with Crippen LogP contribution in [-0.4, -0.2) is 31.1 Å². The van der Waals surface area contributed by atoms with Crippen molar-refractivity contribution < 1.29 is 9.53 Å². The Labute approximate surface area is 207 Å². The predicted octanol–water partition coefficient (Wildman–Crippen LogP) is 4.31. The average molecular weight is 548 g/mol. The van der Waals surface area contributed by atoms with Gasteiger partial charge < -0.3 is 20.7 Å². The highest BCUT2D eigenvalue weighted by Crippen LogP contribution is 2.46. The lowest BCUT2D eigenvalue weighted by atomic mass is 9.86. The van der Waals surface area contributed by atoms with Crippen LogP contribution in [0, 0.1) is 0 Å². The number of hydrogen-bond donors (Lipinski definition) is 3. The molecule has 2 aromatic rings. The Kier molecular flexibility index (Phi) is 8.78. The SMILES string of the molecule is CN=C(NCCC(=O)NCc1ccccc1)NC1CC2(CCCC2)Oc2ccccc21.I. The molecular formula is C25H33IN4O2. The third kappa shape index (κ3) is 6.15. The van der Waals surface area contributed by atoms with Gasteiger partial charge in [0.1, 0.15) is 11.4 Å². The first kappa shape index (κ1) is 24.4. The molecular weight excluding hydrogens is 515 g/mol. The summed E-state index contributed by atoms with van der Waals surface area (Å²) in [6.07, 6.45) is 5.98. The van der Waals surface area contributed by atoms with E-state index in [1.54, 1.807) is 7.05 Å². The molecule has 1 amide bonds. The molecule has 0 radical (unpaired) electrons. The Morgan fingerprint density at radius 3 is 2.53 bits per heavy atom. The highest BCUT2D eigenvalue weighted by molar-refractivity contribution is 14.0. The zero-order chi connectivity index (χ0) is 21.5. The van der Waals surface area contributed by atoms with Crippen LogP contribution < -0.4 is 20.7 Å². The zero-order valence-electron chi connectivity index (χ0n) is 18.6. The molecule has 4 rings (SSSR count). The molecule has 2 aromatic carbocycles. The van der Waals surface area contributed by atoms with E-state index < -0.39 is 0 Å². The highest BCUT2D eigenvalue weighted by atomic mass is 127. The number of nitrogens with one attached hydrogen (secondary N) is 3. The van der Waals surface area contributed by atoms with Crippen LogP contribution in [0.2, 0.25) is 0 Å². The Balaban J connectivity index is 0.00000289. The van der Waals surface area contributed by atoms with Gasteiger partial charge in [-0.05, 0) is 37.3 Å². The number of benzene rings is 2. The fourth-order valence-corrected chi connectivity index (χ4v) is 4.61. The Bertz CT molecular complexity index is 913. The van der Waals surface area contributed by atoms with Crippen LogP contribution in [0.5, 0.6) is 5.75 Å². The quantitative estimate of drug-likeness (QED) is 0.286. The number of para-hydroxylation sites is 1. The van der Waals surface area contributed by atoms with Crippen LogP contribution in [0.4, 0.5) is 0 Å². The summed E-state index contributed by atoms with van der Waals surface area (Å²) in [7, 11) is 1.77. The molecule has 1 aliphatic heterocycles. The maximum Gasteiger partial charge on any atom is 0.222 e. The van der Waals surface area contributed by atoms with Crippen molar-refractivity contribution in [3.8, 4) is 5.75 Å². The smallest absolute Gasteiger partial charge is 0.222 e. The molecule has 1 aliphatic carbocycles. The van der Waals surface area contributed by atoms with Crippen LogP contribution in [-0.2, 0) is 11.3 Å². The van der Waals surface area contributed by atoms with E-state index in [-0.39, 0.29) is 41.5 Å². The largest absolute Gasteiger partial charge is 0.487 e. The second-order valence-corrected chi connectivity index (χ2v) is 8.44. The van der Waals surface area contributed by atoms with Gasteiger partial charge in [-0.3, -0.25) is 9.79 Å². The van der Waals surface area contributed by atoms with E-state index in [9.17, 15) is 4.79 Å². The number of aliphatic imine (C=N–C) groups is 1. The molecule has 7 heteroatoms. The Morgan fingerprint density at radius 1 is 1.06 bits per heavy atom. The molecule has 1 fully saturated rings. The van der Waals surface area contributed by atoms with Crippen LogP contribution >= 0.6 is 24.0 Å². The minimum Gasteiger partial charge on any atom is -0.487 e. The normalized spacial score (nSPS) is 18.8. The summed E-state index contributed by atoms with van der Waals surface area (Å²) < 4.78 is 6.45. The van der Waals surface area contributed by atoms with E-state index in [2.05, 4.69) is 39.1 Å². The Hall–Kier alpha value is -2.29. The predicted molar refractivity (Wildman–Crippen MR) is 138 cm³/mol. The summed E-state index contributed by atoms with van der Waals surface area (Å²) in [6.45, 7) is 1.07. The Morgan fingerprint density at radius 2 is 1.78 bits per heavy atom. The van der Waals surface area contributed by atoms with Crippen molar-refractivity contribution in [2.75, 3.05) is 13.6 Å². The summed E-state index contributed by atoms with van der Waals surface area (Å²) in [5, 5.41) is 9.83. The van der Waals surface area contributed by atoms with E-state index in [1.807, 2.05) is 36.4 Å². The third-order valence-corrected chi connectivity index (χ3v) is 6.22. The first-order valence-electron chi connectivity index (χ1n) is 11.2. The standard InChI is InChI=1S/C25H32N4O2.HI/c1-26-24(27-16-13-23(30)28-18-19-9-3-2-4-10-19)29-21-17-25(14-7-8-15-25)31-22-12-6-5-11-20(21)22;/h2-6,9-12,21H,7-8,13-18H2,1H3,(H,28,30)(H2,26,27,29);1H. The number of rotatable bonds is 6. The molecule has 1 unspecified atom stereocenters. The topological polar surface area (TPSA) is 74.8 Å². The number of amides is 1. The van der Waals surface area contributed by atoms with Gasteiger partial charge in [0.25, 0.3) is 0 Å². The molecule has 3 N–H and O–H groups in total. The van der Waals surface area contributed by atoms with Crippen molar-refractivity contribution in [3.05, 3.63) is 65.7 Å². The van der Waals surface area contributed by atoms with Crippen LogP contribution in [0.1, 0.15) is 55.7 Å². The number of nitrogens with zero attached hydrogens (tertiary/aromatic N) is 1. The summed E-state index contributed by atoms with van der Waals surface area (Å²) >= 11 is 0. The lowest BCUT2D eigenvalue weighted by Crippen LogP contribution is -2.47.